The minimum Gasteiger partial charge on any atom is -0.545 e. The lowest BCUT2D eigenvalue weighted by molar-refractivity contribution is -0.870. The molecule has 0 aliphatic carbocycles. The number of hydrogen-bond acceptors (Lipinski definition) is 8. The van der Waals surface area contributed by atoms with Crippen LogP contribution in [-0.2, 0) is 33.3 Å². The lowest BCUT2D eigenvalue weighted by Crippen LogP contribution is -2.44. The molecule has 0 aromatic rings. The van der Waals surface area contributed by atoms with E-state index in [4.69, 9.17) is 18.9 Å². The lowest BCUT2D eigenvalue weighted by atomic mass is 10.1. The second kappa shape index (κ2) is 47.0. The van der Waals surface area contributed by atoms with Gasteiger partial charge in [-0.25, -0.2) is 0 Å². The fourth-order valence-electron chi connectivity index (χ4n) is 6.65. The van der Waals surface area contributed by atoms with Crippen LogP contribution in [0.3, 0.4) is 0 Å². The van der Waals surface area contributed by atoms with Crippen molar-refractivity contribution >= 4 is 17.9 Å². The second-order valence-corrected chi connectivity index (χ2v) is 18.1. The summed E-state index contributed by atoms with van der Waals surface area (Å²) in [5.74, 6) is -2.36. The standard InChI is InChI=1S/C56H95NO8/c1-6-8-10-12-14-16-18-20-22-23-24-25-26-27-28-29-30-31-33-34-36-38-40-42-44-46-53(58)63-50-52(51-64-56(55(60)61)62-49-48-57(3,4)5)65-54(59)47-45-43-41-39-37-35-32-21-19-17-15-13-11-9-7-2/h9,11,15,17-18,20-21,23-24,26-27,32,37,39,52,56H,6-8,10,12-14,16,19,22,25,28-31,33-36,38,40-51H2,1-5H3/b11-9-,17-15-,20-18-,24-23-,27-26-,32-21-,39-37-. The van der Waals surface area contributed by atoms with Crippen molar-refractivity contribution < 1.29 is 42.9 Å². The highest BCUT2D eigenvalue weighted by atomic mass is 16.7. The number of carboxylic acids is 1. The van der Waals surface area contributed by atoms with Gasteiger partial charge in [0.25, 0.3) is 0 Å². The molecule has 65 heavy (non-hydrogen) atoms. The number of esters is 2. The van der Waals surface area contributed by atoms with Crippen molar-refractivity contribution in [3.05, 3.63) is 85.1 Å². The molecule has 0 saturated carbocycles. The van der Waals surface area contributed by atoms with E-state index in [2.05, 4.69) is 98.9 Å². The number of unbranched alkanes of at least 4 members (excludes halogenated alkanes) is 17. The molecule has 0 fully saturated rings. The van der Waals surface area contributed by atoms with Gasteiger partial charge in [-0.15, -0.1) is 0 Å². The van der Waals surface area contributed by atoms with E-state index in [1.165, 1.54) is 77.0 Å². The molecule has 0 aliphatic heterocycles. The minimum atomic E-state index is -1.64. The van der Waals surface area contributed by atoms with E-state index < -0.39 is 24.3 Å². The highest BCUT2D eigenvalue weighted by molar-refractivity contribution is 5.70. The van der Waals surface area contributed by atoms with E-state index in [0.29, 0.717) is 17.4 Å². The molecule has 9 heteroatoms. The predicted octanol–water partition coefficient (Wildman–Crippen LogP) is 13.1. The smallest absolute Gasteiger partial charge is 0.306 e. The van der Waals surface area contributed by atoms with Gasteiger partial charge in [-0.1, -0.05) is 176 Å². The maximum absolute atomic E-state index is 12.8. The molecule has 0 rings (SSSR count). The van der Waals surface area contributed by atoms with E-state index in [-0.39, 0.29) is 38.6 Å². The Kier molecular flexibility index (Phi) is 44.4. The molecule has 0 aromatic carbocycles. The SMILES string of the molecule is CC/C=C\C/C=C\C/C=C\C/C=C\CCCCC(=O)OC(COC(=O)CCCCCCCCCCCC/C=C\C/C=C\C/C=C\CCCCCCC)COC(OCC[N+](C)(C)C)C(=O)[O-]. The number of ether oxygens (including phenoxy) is 4. The number of carboxylic acid groups (broad SMARTS) is 1. The first-order valence-electron chi connectivity index (χ1n) is 25.7. The van der Waals surface area contributed by atoms with Gasteiger partial charge in [0, 0.05) is 12.8 Å². The quantitative estimate of drug-likeness (QED) is 0.0195. The van der Waals surface area contributed by atoms with Crippen molar-refractivity contribution in [2.75, 3.05) is 47.5 Å². The molecule has 0 radical (unpaired) electrons. The Morgan fingerprint density at radius 3 is 1.34 bits per heavy atom. The number of likely N-dealkylation sites (N-methyl/N-ethyl adjacent to an activating group) is 1. The zero-order valence-corrected chi connectivity index (χ0v) is 42.1. The highest BCUT2D eigenvalue weighted by Gasteiger charge is 2.21. The molecule has 0 saturated heterocycles. The van der Waals surface area contributed by atoms with Crippen LogP contribution in [0.5, 0.6) is 0 Å². The van der Waals surface area contributed by atoms with Crippen LogP contribution in [0.15, 0.2) is 85.1 Å². The number of carbonyl (C=O) groups is 3. The Morgan fingerprint density at radius 2 is 0.877 bits per heavy atom. The average molecular weight is 910 g/mol. The highest BCUT2D eigenvalue weighted by Crippen LogP contribution is 2.14. The van der Waals surface area contributed by atoms with E-state index in [0.717, 1.165) is 83.5 Å². The number of quaternary nitrogens is 1. The van der Waals surface area contributed by atoms with Crippen LogP contribution in [-0.4, -0.2) is 82.3 Å². The van der Waals surface area contributed by atoms with Crippen molar-refractivity contribution in [1.29, 1.82) is 0 Å². The molecule has 0 bridgehead atoms. The largest absolute Gasteiger partial charge is 0.545 e. The van der Waals surface area contributed by atoms with Gasteiger partial charge in [0.05, 0.1) is 40.3 Å². The maximum Gasteiger partial charge on any atom is 0.306 e. The van der Waals surface area contributed by atoms with Crippen LogP contribution in [0.2, 0.25) is 0 Å². The summed E-state index contributed by atoms with van der Waals surface area (Å²) in [6.45, 7) is 4.55. The summed E-state index contributed by atoms with van der Waals surface area (Å²) in [6.07, 6.45) is 57.7. The molecule has 0 spiro atoms. The molecular formula is C56H95NO8. The van der Waals surface area contributed by atoms with Crippen LogP contribution >= 0.6 is 0 Å². The summed E-state index contributed by atoms with van der Waals surface area (Å²) in [7, 11) is 5.89. The van der Waals surface area contributed by atoms with Crippen molar-refractivity contribution in [3.8, 4) is 0 Å². The fourth-order valence-corrected chi connectivity index (χ4v) is 6.65. The number of hydrogen-bond donors (Lipinski definition) is 0. The fraction of sp³-hybridized carbons (Fsp3) is 0.696. The summed E-state index contributed by atoms with van der Waals surface area (Å²) in [6, 6.07) is 0. The Bertz CT molecular complexity index is 1340. The maximum atomic E-state index is 12.8. The van der Waals surface area contributed by atoms with E-state index in [9.17, 15) is 19.5 Å². The molecular weight excluding hydrogens is 815 g/mol. The second-order valence-electron chi connectivity index (χ2n) is 18.1. The first-order valence-corrected chi connectivity index (χ1v) is 25.7. The first-order chi connectivity index (χ1) is 31.6. The van der Waals surface area contributed by atoms with E-state index >= 15 is 0 Å². The molecule has 0 aliphatic rings. The van der Waals surface area contributed by atoms with Gasteiger partial charge in [0.15, 0.2) is 12.4 Å². The number of nitrogens with zero attached hydrogens (tertiary/aromatic N) is 1. The number of rotatable bonds is 46. The van der Waals surface area contributed by atoms with Gasteiger partial charge in [-0.05, 0) is 89.9 Å². The van der Waals surface area contributed by atoms with Gasteiger partial charge < -0.3 is 33.3 Å². The van der Waals surface area contributed by atoms with Gasteiger partial charge in [0.2, 0.25) is 0 Å². The molecule has 9 nitrogen and oxygen atoms in total. The molecule has 2 unspecified atom stereocenters. The van der Waals surface area contributed by atoms with E-state index in [1.54, 1.807) is 0 Å². The Hall–Kier alpha value is -3.53. The third kappa shape index (κ3) is 48.2. The summed E-state index contributed by atoms with van der Waals surface area (Å²) in [5.41, 5.74) is 0. The predicted molar refractivity (Wildman–Crippen MR) is 269 cm³/mol. The third-order valence-electron chi connectivity index (χ3n) is 10.6. The normalized spacial score (nSPS) is 13.6. The van der Waals surface area contributed by atoms with Crippen LogP contribution in [0.25, 0.3) is 0 Å². The van der Waals surface area contributed by atoms with Gasteiger partial charge in [0.1, 0.15) is 13.2 Å². The summed E-state index contributed by atoms with van der Waals surface area (Å²) >= 11 is 0. The number of carbonyl (C=O) groups excluding carboxylic acids is 3. The van der Waals surface area contributed by atoms with Crippen molar-refractivity contribution in [3.63, 3.8) is 0 Å². The Balaban J connectivity index is 4.34. The van der Waals surface area contributed by atoms with Crippen LogP contribution in [0.4, 0.5) is 0 Å². The molecule has 0 amide bonds. The molecule has 372 valence electrons. The Morgan fingerprint density at radius 1 is 0.477 bits per heavy atom. The average Bonchev–Trinajstić information content (AvgIpc) is 3.27. The monoisotopic (exact) mass is 910 g/mol. The lowest BCUT2D eigenvalue weighted by Gasteiger charge is -2.26. The van der Waals surface area contributed by atoms with Crippen LogP contribution in [0, 0.1) is 0 Å². The zero-order chi connectivity index (χ0) is 47.7. The summed E-state index contributed by atoms with van der Waals surface area (Å²) < 4.78 is 22.6. The third-order valence-corrected chi connectivity index (χ3v) is 10.6. The first kappa shape index (κ1) is 61.5. The minimum absolute atomic E-state index is 0.135. The zero-order valence-electron chi connectivity index (χ0n) is 42.1. The number of aliphatic carboxylic acids is 1. The van der Waals surface area contributed by atoms with Crippen LogP contribution in [0.1, 0.15) is 194 Å². The molecule has 0 heterocycles. The van der Waals surface area contributed by atoms with Crippen molar-refractivity contribution in [1.82, 2.24) is 0 Å². The topological polar surface area (TPSA) is 111 Å². The summed E-state index contributed by atoms with van der Waals surface area (Å²) in [4.78, 5) is 37.1. The van der Waals surface area contributed by atoms with Crippen molar-refractivity contribution in [2.45, 2.75) is 206 Å². The van der Waals surface area contributed by atoms with Gasteiger partial charge in [-0.2, -0.15) is 0 Å². The number of allylic oxidation sites excluding steroid dienone is 14. The molecule has 0 N–H and O–H groups in total. The Labute approximate surface area is 398 Å². The van der Waals surface area contributed by atoms with E-state index in [1.807, 2.05) is 21.1 Å². The molecule has 2 atom stereocenters. The van der Waals surface area contributed by atoms with Gasteiger partial charge >= 0.3 is 11.9 Å². The van der Waals surface area contributed by atoms with Crippen molar-refractivity contribution in [2.24, 2.45) is 0 Å². The van der Waals surface area contributed by atoms with Crippen LogP contribution < -0.4 is 5.11 Å². The molecule has 0 aromatic heterocycles. The van der Waals surface area contributed by atoms with Gasteiger partial charge in [-0.3, -0.25) is 9.59 Å². The summed E-state index contributed by atoms with van der Waals surface area (Å²) in [5, 5.41) is 11.7.